The minimum atomic E-state index is -4.35. The SMILES string of the molecule is O=C(c1ccccc1)N(CCCc1cc(Cl)ccc1S(=O)(=O)O)c1ccccc1. The molecule has 0 radical (unpaired) electrons. The zero-order valence-electron chi connectivity index (χ0n) is 15.5. The topological polar surface area (TPSA) is 74.7 Å². The van der Waals surface area contributed by atoms with E-state index in [2.05, 4.69) is 0 Å². The Morgan fingerprint density at radius 2 is 1.55 bits per heavy atom. The van der Waals surface area contributed by atoms with Crippen LogP contribution < -0.4 is 4.90 Å². The molecule has 7 heteroatoms. The van der Waals surface area contributed by atoms with Gasteiger partial charge in [-0.15, -0.1) is 0 Å². The molecule has 0 saturated carbocycles. The number of para-hydroxylation sites is 1. The standard InChI is InChI=1S/C22H20ClNO4S/c23-19-13-14-21(29(26,27)28)18(16-19)10-7-15-24(20-11-5-2-6-12-20)22(25)17-8-3-1-4-9-17/h1-6,8-9,11-14,16H,7,10,15H2,(H,26,27,28). The fourth-order valence-corrected chi connectivity index (χ4v) is 4.04. The molecule has 0 atom stereocenters. The van der Waals surface area contributed by atoms with E-state index in [-0.39, 0.29) is 10.8 Å². The fraction of sp³-hybridized carbons (Fsp3) is 0.136. The van der Waals surface area contributed by atoms with Gasteiger partial charge in [0.05, 0.1) is 4.90 Å². The summed E-state index contributed by atoms with van der Waals surface area (Å²) in [6.07, 6.45) is 0.817. The first-order valence-electron chi connectivity index (χ1n) is 9.04. The molecule has 3 aromatic rings. The zero-order valence-corrected chi connectivity index (χ0v) is 17.1. The van der Waals surface area contributed by atoms with Crippen molar-refractivity contribution in [1.82, 2.24) is 0 Å². The van der Waals surface area contributed by atoms with E-state index in [9.17, 15) is 17.8 Å². The Morgan fingerprint density at radius 1 is 0.931 bits per heavy atom. The smallest absolute Gasteiger partial charge is 0.294 e. The van der Waals surface area contributed by atoms with Crippen molar-refractivity contribution < 1.29 is 17.8 Å². The normalized spacial score (nSPS) is 11.2. The van der Waals surface area contributed by atoms with Crippen molar-refractivity contribution in [2.24, 2.45) is 0 Å². The van der Waals surface area contributed by atoms with Crippen LogP contribution in [0.15, 0.2) is 83.8 Å². The molecule has 0 aliphatic rings. The molecule has 0 heterocycles. The Bertz CT molecular complexity index is 1090. The average molecular weight is 430 g/mol. The molecule has 1 N–H and O–H groups in total. The number of amides is 1. The highest BCUT2D eigenvalue weighted by Gasteiger charge is 2.19. The van der Waals surface area contributed by atoms with Crippen LogP contribution in [0.3, 0.4) is 0 Å². The summed E-state index contributed by atoms with van der Waals surface area (Å²) in [4.78, 5) is 14.5. The number of benzene rings is 3. The molecular weight excluding hydrogens is 410 g/mol. The monoisotopic (exact) mass is 429 g/mol. The van der Waals surface area contributed by atoms with Crippen LogP contribution in [0.1, 0.15) is 22.3 Å². The maximum Gasteiger partial charge on any atom is 0.294 e. The van der Waals surface area contributed by atoms with Gasteiger partial charge in [0.1, 0.15) is 0 Å². The highest BCUT2D eigenvalue weighted by molar-refractivity contribution is 7.85. The Morgan fingerprint density at radius 3 is 2.17 bits per heavy atom. The molecule has 0 aliphatic heterocycles. The van der Waals surface area contributed by atoms with Crippen LogP contribution in [-0.4, -0.2) is 25.4 Å². The molecule has 3 rings (SSSR count). The fourth-order valence-electron chi connectivity index (χ4n) is 3.12. The van der Waals surface area contributed by atoms with Crippen LogP contribution in [0.2, 0.25) is 5.02 Å². The van der Waals surface area contributed by atoms with Gasteiger partial charge in [0, 0.05) is 22.8 Å². The first kappa shape index (κ1) is 21.0. The second-order valence-electron chi connectivity index (χ2n) is 6.49. The summed E-state index contributed by atoms with van der Waals surface area (Å²) in [5.41, 5.74) is 1.74. The zero-order chi connectivity index (χ0) is 20.9. The summed E-state index contributed by atoms with van der Waals surface area (Å²) in [5.74, 6) is -0.141. The highest BCUT2D eigenvalue weighted by atomic mass is 35.5. The summed E-state index contributed by atoms with van der Waals surface area (Å²) in [6.45, 7) is 0.370. The Hall–Kier alpha value is -2.67. The van der Waals surface area contributed by atoms with E-state index in [1.165, 1.54) is 18.2 Å². The van der Waals surface area contributed by atoms with E-state index in [1.54, 1.807) is 29.2 Å². The van der Waals surface area contributed by atoms with E-state index >= 15 is 0 Å². The third-order valence-electron chi connectivity index (χ3n) is 4.46. The number of carbonyl (C=O) groups is 1. The predicted molar refractivity (Wildman–Crippen MR) is 114 cm³/mol. The van der Waals surface area contributed by atoms with E-state index in [1.807, 2.05) is 36.4 Å². The van der Waals surface area contributed by atoms with Gasteiger partial charge in [-0.2, -0.15) is 8.42 Å². The minimum Gasteiger partial charge on any atom is -0.308 e. The largest absolute Gasteiger partial charge is 0.308 e. The van der Waals surface area contributed by atoms with Crippen LogP contribution >= 0.6 is 11.6 Å². The van der Waals surface area contributed by atoms with Gasteiger partial charge in [0.15, 0.2) is 0 Å². The highest BCUT2D eigenvalue weighted by Crippen LogP contribution is 2.23. The summed E-state index contributed by atoms with van der Waals surface area (Å²) >= 11 is 5.99. The van der Waals surface area contributed by atoms with Gasteiger partial charge in [-0.3, -0.25) is 9.35 Å². The number of halogens is 1. The van der Waals surface area contributed by atoms with Crippen molar-refractivity contribution in [1.29, 1.82) is 0 Å². The van der Waals surface area contributed by atoms with E-state index in [4.69, 9.17) is 11.6 Å². The molecule has 0 bridgehead atoms. The van der Waals surface area contributed by atoms with E-state index in [0.717, 1.165) is 5.69 Å². The lowest BCUT2D eigenvalue weighted by Gasteiger charge is -2.23. The predicted octanol–water partition coefficient (Wildman–Crippen LogP) is 4.87. The number of hydrogen-bond acceptors (Lipinski definition) is 3. The molecule has 150 valence electrons. The van der Waals surface area contributed by atoms with Crippen molar-refractivity contribution >= 4 is 33.3 Å². The second kappa shape index (κ2) is 9.22. The number of anilines is 1. The molecule has 1 amide bonds. The molecule has 29 heavy (non-hydrogen) atoms. The molecule has 0 fully saturated rings. The van der Waals surface area contributed by atoms with Crippen LogP contribution in [0.25, 0.3) is 0 Å². The number of aryl methyl sites for hydroxylation is 1. The Kier molecular flexibility index (Phi) is 6.69. The molecule has 3 aromatic carbocycles. The maximum absolute atomic E-state index is 13.0. The number of hydrogen-bond donors (Lipinski definition) is 1. The van der Waals surface area contributed by atoms with Gasteiger partial charge < -0.3 is 4.90 Å². The van der Waals surface area contributed by atoms with Gasteiger partial charge in [-0.25, -0.2) is 0 Å². The third-order valence-corrected chi connectivity index (χ3v) is 5.65. The van der Waals surface area contributed by atoms with Gasteiger partial charge in [0.25, 0.3) is 16.0 Å². The summed E-state index contributed by atoms with van der Waals surface area (Å²) in [5, 5.41) is 0.382. The summed E-state index contributed by atoms with van der Waals surface area (Å²) < 4.78 is 32.7. The second-order valence-corrected chi connectivity index (χ2v) is 8.32. The molecule has 0 unspecified atom stereocenters. The van der Waals surface area contributed by atoms with Crippen LogP contribution in [0.5, 0.6) is 0 Å². The van der Waals surface area contributed by atoms with Crippen molar-refractivity contribution in [3.05, 3.63) is 95.0 Å². The molecule has 0 aliphatic carbocycles. The van der Waals surface area contributed by atoms with E-state index < -0.39 is 10.1 Å². The van der Waals surface area contributed by atoms with Crippen molar-refractivity contribution in [2.45, 2.75) is 17.7 Å². The third kappa shape index (κ3) is 5.44. The lowest BCUT2D eigenvalue weighted by molar-refractivity contribution is 0.0986. The first-order valence-corrected chi connectivity index (χ1v) is 10.9. The quantitative estimate of drug-likeness (QED) is 0.544. The van der Waals surface area contributed by atoms with Crippen molar-refractivity contribution in [2.75, 3.05) is 11.4 Å². The van der Waals surface area contributed by atoms with Gasteiger partial charge >= 0.3 is 0 Å². The first-order chi connectivity index (χ1) is 13.9. The Balaban J connectivity index is 1.82. The van der Waals surface area contributed by atoms with E-state index in [0.29, 0.717) is 35.5 Å². The van der Waals surface area contributed by atoms with Gasteiger partial charge in [-0.1, -0.05) is 48.0 Å². The van der Waals surface area contributed by atoms with Crippen LogP contribution in [0.4, 0.5) is 5.69 Å². The van der Waals surface area contributed by atoms with Crippen LogP contribution in [-0.2, 0) is 16.5 Å². The van der Waals surface area contributed by atoms with Gasteiger partial charge in [0.2, 0.25) is 0 Å². The molecule has 0 saturated heterocycles. The minimum absolute atomic E-state index is 0.141. The molecule has 0 spiro atoms. The molecule has 0 aromatic heterocycles. The Labute approximate surface area is 175 Å². The lowest BCUT2D eigenvalue weighted by atomic mass is 10.1. The van der Waals surface area contributed by atoms with Crippen LogP contribution in [0, 0.1) is 0 Å². The molecular formula is C22H20ClNO4S. The summed E-state index contributed by atoms with van der Waals surface area (Å²) in [7, 11) is -4.35. The lowest BCUT2D eigenvalue weighted by Crippen LogP contribution is -2.32. The average Bonchev–Trinajstić information content (AvgIpc) is 2.71. The van der Waals surface area contributed by atoms with Crippen molar-refractivity contribution in [3.63, 3.8) is 0 Å². The number of rotatable bonds is 7. The van der Waals surface area contributed by atoms with Crippen molar-refractivity contribution in [3.8, 4) is 0 Å². The summed E-state index contributed by atoms with van der Waals surface area (Å²) in [6, 6.07) is 22.5. The molecule has 5 nitrogen and oxygen atoms in total. The number of carbonyl (C=O) groups excluding carboxylic acids is 1. The number of nitrogens with zero attached hydrogens (tertiary/aromatic N) is 1. The maximum atomic E-state index is 13.0. The van der Waals surface area contributed by atoms with Gasteiger partial charge in [-0.05, 0) is 60.9 Å².